The highest BCUT2D eigenvalue weighted by molar-refractivity contribution is 14.1. The third kappa shape index (κ3) is 6.42. The van der Waals surface area contributed by atoms with E-state index in [1.807, 2.05) is 66.7 Å². The highest BCUT2D eigenvalue weighted by atomic mass is 127. The van der Waals surface area contributed by atoms with Crippen LogP contribution >= 0.6 is 22.6 Å². The van der Waals surface area contributed by atoms with E-state index >= 15 is 0 Å². The van der Waals surface area contributed by atoms with Crippen molar-refractivity contribution in [2.24, 2.45) is 0 Å². The molecule has 184 valence electrons. The van der Waals surface area contributed by atoms with Gasteiger partial charge in [0.1, 0.15) is 0 Å². The Morgan fingerprint density at radius 1 is 0.595 bits per heavy atom. The van der Waals surface area contributed by atoms with Gasteiger partial charge in [-0.05, 0) is 69.9 Å². The summed E-state index contributed by atoms with van der Waals surface area (Å²) in [5, 5.41) is 3.21. The number of hydrogen-bond acceptors (Lipinski definition) is 2. The second kappa shape index (κ2) is 11.8. The van der Waals surface area contributed by atoms with Crippen molar-refractivity contribution in [3.8, 4) is 23.4 Å². The van der Waals surface area contributed by atoms with Crippen LogP contribution in [0.2, 0.25) is 19.6 Å². The third-order valence-electron chi connectivity index (χ3n) is 6.33. The molecule has 6 heteroatoms. The maximum Gasteiger partial charge on any atom is 0.350 e. The van der Waals surface area contributed by atoms with Crippen LogP contribution in [0.1, 0.15) is 5.56 Å². The van der Waals surface area contributed by atoms with Crippen molar-refractivity contribution in [2.75, 3.05) is 0 Å². The van der Waals surface area contributed by atoms with Crippen molar-refractivity contribution in [3.63, 3.8) is 0 Å². The molecule has 0 fully saturated rings. The average molecular weight is 645 g/mol. The predicted octanol–water partition coefficient (Wildman–Crippen LogP) is 5.33. The predicted molar refractivity (Wildman–Crippen MR) is 170 cm³/mol. The molecule has 3 unspecified atom stereocenters. The highest BCUT2D eigenvalue weighted by Gasteiger charge is 2.48. The standard InChI is InChI=1S/C31H29IO2Si3/c1-5-35(2,28-18-9-6-10-19-28)33-37(4,30-22-13-8-14-23-30)34-36(3,29-20-11-7-12-21-29)26-25-27-17-15-16-24-31(27)32/h1,6-24H,2-4H3. The molecule has 0 aliphatic rings. The van der Waals surface area contributed by atoms with E-state index in [4.69, 9.17) is 14.7 Å². The first-order valence-electron chi connectivity index (χ1n) is 12.1. The Labute approximate surface area is 237 Å². The average Bonchev–Trinajstić information content (AvgIpc) is 2.94. The van der Waals surface area contributed by atoms with Crippen molar-refractivity contribution in [1.82, 2.24) is 0 Å². The lowest BCUT2D eigenvalue weighted by atomic mass is 10.2. The quantitative estimate of drug-likeness (QED) is 0.154. The zero-order valence-corrected chi connectivity index (χ0v) is 26.4. The Bertz CT molecular complexity index is 1450. The molecule has 0 saturated heterocycles. The maximum absolute atomic E-state index is 7.30. The van der Waals surface area contributed by atoms with Gasteiger partial charge in [0.2, 0.25) is 0 Å². The number of halogens is 1. The molecule has 2 nitrogen and oxygen atoms in total. The molecule has 0 aromatic heterocycles. The van der Waals surface area contributed by atoms with E-state index in [0.29, 0.717) is 0 Å². The Morgan fingerprint density at radius 3 is 1.54 bits per heavy atom. The van der Waals surface area contributed by atoms with Crippen molar-refractivity contribution >= 4 is 63.3 Å². The third-order valence-corrected chi connectivity index (χ3v) is 19.1. The first kappa shape index (κ1) is 27.3. The topological polar surface area (TPSA) is 18.5 Å². The summed E-state index contributed by atoms with van der Waals surface area (Å²) < 4.78 is 15.5. The Morgan fingerprint density at radius 2 is 1.03 bits per heavy atom. The summed E-state index contributed by atoms with van der Waals surface area (Å²) in [4.78, 5) is 0. The highest BCUT2D eigenvalue weighted by Crippen LogP contribution is 2.22. The summed E-state index contributed by atoms with van der Waals surface area (Å²) in [7, 11) is -8.67. The smallest absolute Gasteiger partial charge is 0.350 e. The Balaban J connectivity index is 1.85. The number of hydrogen-bond donors (Lipinski definition) is 0. The number of benzene rings is 4. The molecule has 0 spiro atoms. The summed E-state index contributed by atoms with van der Waals surface area (Å²) >= 11 is 2.33. The van der Waals surface area contributed by atoms with Gasteiger partial charge in [0.25, 0.3) is 16.6 Å². The summed E-state index contributed by atoms with van der Waals surface area (Å²) in [6.07, 6.45) is 6.19. The molecule has 0 radical (unpaired) electrons. The summed E-state index contributed by atoms with van der Waals surface area (Å²) in [6.45, 7) is 6.37. The first-order valence-corrected chi connectivity index (χ1v) is 20.3. The molecule has 0 aliphatic carbocycles. The normalized spacial score (nSPS) is 15.6. The zero-order chi connectivity index (χ0) is 26.4. The Kier molecular flexibility index (Phi) is 8.71. The van der Waals surface area contributed by atoms with Crippen LogP contribution in [0.5, 0.6) is 0 Å². The van der Waals surface area contributed by atoms with E-state index in [1.165, 1.54) is 0 Å². The lowest BCUT2D eigenvalue weighted by Gasteiger charge is -2.39. The van der Waals surface area contributed by atoms with E-state index in [1.54, 1.807) is 0 Å². The van der Waals surface area contributed by atoms with Crippen LogP contribution in [0, 0.1) is 27.0 Å². The molecule has 0 saturated carbocycles. The van der Waals surface area contributed by atoms with Gasteiger partial charge in [0, 0.05) is 9.13 Å². The van der Waals surface area contributed by atoms with E-state index in [-0.39, 0.29) is 0 Å². The molecule has 4 rings (SSSR count). The molecule has 0 heterocycles. The van der Waals surface area contributed by atoms with Crippen LogP contribution in [-0.2, 0) is 8.23 Å². The molecule has 0 N–H and O–H groups in total. The van der Waals surface area contributed by atoms with Crippen LogP contribution < -0.4 is 15.6 Å². The first-order chi connectivity index (χ1) is 17.8. The van der Waals surface area contributed by atoms with Crippen LogP contribution in [0.3, 0.4) is 0 Å². The monoisotopic (exact) mass is 644 g/mol. The molecule has 0 bridgehead atoms. The van der Waals surface area contributed by atoms with Gasteiger partial charge in [0.05, 0.1) is 0 Å². The fourth-order valence-corrected chi connectivity index (χ4v) is 17.0. The molecule has 0 amide bonds. The minimum atomic E-state index is -3.06. The van der Waals surface area contributed by atoms with E-state index in [9.17, 15) is 0 Å². The van der Waals surface area contributed by atoms with Gasteiger partial charge in [-0.3, -0.25) is 0 Å². The summed E-state index contributed by atoms with van der Waals surface area (Å²) in [5.41, 5.74) is 7.68. The Hall–Kier alpha value is -2.70. The fourth-order valence-electron chi connectivity index (χ4n) is 4.25. The van der Waals surface area contributed by atoms with Crippen LogP contribution in [0.15, 0.2) is 115 Å². The van der Waals surface area contributed by atoms with Gasteiger partial charge in [-0.15, -0.1) is 6.42 Å². The van der Waals surface area contributed by atoms with Gasteiger partial charge < -0.3 is 8.23 Å². The van der Waals surface area contributed by atoms with Gasteiger partial charge in [0.15, 0.2) is 0 Å². The molecule has 4 aromatic rings. The second-order valence-electron chi connectivity index (χ2n) is 9.19. The molecular formula is C31H29IO2Si3. The van der Waals surface area contributed by atoms with Crippen LogP contribution in [0.4, 0.5) is 0 Å². The summed E-state index contributed by atoms with van der Waals surface area (Å²) in [6, 6.07) is 38.9. The zero-order valence-electron chi connectivity index (χ0n) is 21.2. The lowest BCUT2D eigenvalue weighted by molar-refractivity contribution is 0.417. The molecular weight excluding hydrogens is 616 g/mol. The van der Waals surface area contributed by atoms with Crippen molar-refractivity contribution in [3.05, 3.63) is 124 Å². The van der Waals surface area contributed by atoms with Crippen molar-refractivity contribution in [1.29, 1.82) is 0 Å². The minimum Gasteiger partial charge on any atom is -0.420 e. The molecule has 37 heavy (non-hydrogen) atoms. The van der Waals surface area contributed by atoms with Gasteiger partial charge in [-0.1, -0.05) is 120 Å². The van der Waals surface area contributed by atoms with Gasteiger partial charge >= 0.3 is 8.56 Å². The van der Waals surface area contributed by atoms with Crippen LogP contribution in [-0.4, -0.2) is 25.2 Å². The minimum absolute atomic E-state index is 0.998. The van der Waals surface area contributed by atoms with Crippen molar-refractivity contribution < 1.29 is 8.23 Å². The van der Waals surface area contributed by atoms with E-state index in [0.717, 1.165) is 24.7 Å². The van der Waals surface area contributed by atoms with Gasteiger partial charge in [-0.25, -0.2) is 0 Å². The van der Waals surface area contributed by atoms with Gasteiger partial charge in [-0.2, -0.15) is 0 Å². The van der Waals surface area contributed by atoms with Crippen molar-refractivity contribution in [2.45, 2.75) is 19.6 Å². The fraction of sp³-hybridized carbons (Fsp3) is 0.0968. The number of rotatable bonds is 7. The van der Waals surface area contributed by atoms with Crippen LogP contribution in [0.25, 0.3) is 0 Å². The number of terminal acetylenes is 1. The summed E-state index contributed by atoms with van der Waals surface area (Å²) in [5.74, 6) is 3.45. The largest absolute Gasteiger partial charge is 0.420 e. The maximum atomic E-state index is 7.30. The molecule has 3 atom stereocenters. The molecule has 4 aromatic carbocycles. The lowest BCUT2D eigenvalue weighted by Crippen LogP contribution is -2.67. The molecule has 0 aliphatic heterocycles. The van der Waals surface area contributed by atoms with E-state index in [2.05, 4.69) is 108 Å². The second-order valence-corrected chi connectivity index (χ2v) is 20.3. The SMILES string of the molecule is C#C[Si](C)(O[Si](C)(O[Si](C)(C#Cc1ccccc1I)c1ccccc1)c1ccccc1)c1ccccc1. The van der Waals surface area contributed by atoms with E-state index < -0.39 is 25.2 Å².